The first-order chi connectivity index (χ1) is 9.76. The minimum atomic E-state index is -3.45. The summed E-state index contributed by atoms with van der Waals surface area (Å²) in [6.45, 7) is 0. The van der Waals surface area contributed by atoms with Gasteiger partial charge in [-0.1, -0.05) is 12.1 Å². The van der Waals surface area contributed by atoms with Crippen molar-refractivity contribution in [2.45, 2.75) is 0 Å². The molecule has 5 nitrogen and oxygen atoms in total. The van der Waals surface area contributed by atoms with Crippen LogP contribution in [-0.4, -0.2) is 25.7 Å². The van der Waals surface area contributed by atoms with Crippen molar-refractivity contribution in [1.82, 2.24) is 0 Å². The maximum Gasteiger partial charge on any atom is 0.336 e. The minimum absolute atomic E-state index is 0.0621. The maximum absolute atomic E-state index is 13.4. The van der Waals surface area contributed by atoms with Crippen LogP contribution in [0.4, 0.5) is 10.1 Å². The molecular weight excluding hydrogens is 297 g/mol. The number of carbonyl (C=O) groups is 1. The first-order valence-corrected chi connectivity index (χ1v) is 7.76. The molecule has 0 bridgehead atoms. The van der Waals surface area contributed by atoms with E-state index in [1.165, 1.54) is 18.2 Å². The van der Waals surface area contributed by atoms with E-state index in [4.69, 9.17) is 5.11 Å². The normalized spacial score (nSPS) is 11.1. The zero-order valence-corrected chi connectivity index (χ0v) is 11.8. The Morgan fingerprint density at radius 3 is 2.52 bits per heavy atom. The fourth-order valence-electron chi connectivity index (χ4n) is 1.91. The lowest BCUT2D eigenvalue weighted by Crippen LogP contribution is -2.09. The summed E-state index contributed by atoms with van der Waals surface area (Å²) in [5.41, 5.74) is 0.795. The van der Waals surface area contributed by atoms with Gasteiger partial charge in [0.2, 0.25) is 10.0 Å². The molecule has 0 aliphatic carbocycles. The third kappa shape index (κ3) is 3.79. The second kappa shape index (κ2) is 5.53. The maximum atomic E-state index is 13.4. The number of hydrogen-bond acceptors (Lipinski definition) is 3. The first-order valence-electron chi connectivity index (χ1n) is 5.87. The number of anilines is 1. The van der Waals surface area contributed by atoms with Gasteiger partial charge in [-0.25, -0.2) is 17.6 Å². The van der Waals surface area contributed by atoms with Crippen molar-refractivity contribution in [2.24, 2.45) is 0 Å². The molecule has 110 valence electrons. The summed E-state index contributed by atoms with van der Waals surface area (Å²) in [6.07, 6.45) is 1.00. The van der Waals surface area contributed by atoms with E-state index < -0.39 is 21.8 Å². The molecule has 0 fully saturated rings. The monoisotopic (exact) mass is 309 g/mol. The molecule has 0 amide bonds. The van der Waals surface area contributed by atoms with E-state index in [0.717, 1.165) is 18.4 Å². The van der Waals surface area contributed by atoms with E-state index in [0.29, 0.717) is 5.56 Å². The van der Waals surface area contributed by atoms with Gasteiger partial charge in [-0.05, 0) is 41.5 Å². The van der Waals surface area contributed by atoms with E-state index in [1.807, 2.05) is 0 Å². The first kappa shape index (κ1) is 15.0. The van der Waals surface area contributed by atoms with Gasteiger partial charge in [0.25, 0.3) is 0 Å². The molecule has 0 radical (unpaired) electrons. The van der Waals surface area contributed by atoms with Crippen molar-refractivity contribution >= 4 is 21.7 Å². The van der Waals surface area contributed by atoms with Gasteiger partial charge in [-0.2, -0.15) is 0 Å². The molecule has 0 heterocycles. The van der Waals surface area contributed by atoms with Gasteiger partial charge in [0.15, 0.2) is 0 Å². The van der Waals surface area contributed by atoms with Crippen molar-refractivity contribution in [1.29, 1.82) is 0 Å². The second-order valence-corrected chi connectivity index (χ2v) is 6.20. The van der Waals surface area contributed by atoms with Crippen LogP contribution in [0.15, 0.2) is 42.5 Å². The molecule has 2 N–H and O–H groups in total. The Hall–Kier alpha value is -2.41. The zero-order chi connectivity index (χ0) is 15.6. The molecule has 0 saturated heterocycles. The Bertz CT molecular complexity index is 802. The number of hydrogen-bond donors (Lipinski definition) is 2. The average molecular weight is 309 g/mol. The van der Waals surface area contributed by atoms with Gasteiger partial charge in [-0.3, -0.25) is 4.72 Å². The smallest absolute Gasteiger partial charge is 0.336 e. The van der Waals surface area contributed by atoms with Crippen LogP contribution in [0.5, 0.6) is 0 Å². The van der Waals surface area contributed by atoms with Crippen LogP contribution in [-0.2, 0) is 10.0 Å². The van der Waals surface area contributed by atoms with Gasteiger partial charge in [0.05, 0.1) is 11.8 Å². The second-order valence-electron chi connectivity index (χ2n) is 4.45. The highest BCUT2D eigenvalue weighted by atomic mass is 32.2. The highest BCUT2D eigenvalue weighted by Gasteiger charge is 2.13. The van der Waals surface area contributed by atoms with Crippen LogP contribution in [0.1, 0.15) is 10.4 Å². The third-order valence-electron chi connectivity index (χ3n) is 2.69. The lowest BCUT2D eigenvalue weighted by molar-refractivity contribution is 0.0697. The van der Waals surface area contributed by atoms with E-state index in [-0.39, 0.29) is 16.8 Å². The fourth-order valence-corrected chi connectivity index (χ4v) is 2.46. The minimum Gasteiger partial charge on any atom is -0.478 e. The Morgan fingerprint density at radius 2 is 1.90 bits per heavy atom. The van der Waals surface area contributed by atoms with Crippen LogP contribution >= 0.6 is 0 Å². The van der Waals surface area contributed by atoms with Crippen molar-refractivity contribution < 1.29 is 22.7 Å². The molecular formula is C14H12FNO4S. The predicted molar refractivity (Wildman–Crippen MR) is 77.3 cm³/mol. The zero-order valence-electron chi connectivity index (χ0n) is 11.0. The Balaban J connectivity index is 2.54. The summed E-state index contributed by atoms with van der Waals surface area (Å²) >= 11 is 0. The van der Waals surface area contributed by atoms with Gasteiger partial charge in [0, 0.05) is 5.69 Å². The number of aromatic carboxylic acids is 1. The standard InChI is InChI=1S/C14H12FNO4S/c1-21(19,20)16-11-4-2-3-9(7-11)13-8-10(15)5-6-12(13)14(17)18/h2-8,16H,1H3,(H,17,18). The van der Waals surface area contributed by atoms with E-state index in [1.54, 1.807) is 12.1 Å². The molecule has 2 aromatic rings. The molecule has 21 heavy (non-hydrogen) atoms. The number of halogens is 1. The lowest BCUT2D eigenvalue weighted by atomic mass is 9.99. The van der Waals surface area contributed by atoms with E-state index >= 15 is 0 Å². The van der Waals surface area contributed by atoms with Crippen LogP contribution < -0.4 is 4.72 Å². The summed E-state index contributed by atoms with van der Waals surface area (Å²) in [4.78, 5) is 11.2. The number of nitrogens with one attached hydrogen (secondary N) is 1. The van der Waals surface area contributed by atoms with Crippen LogP contribution in [0.25, 0.3) is 11.1 Å². The predicted octanol–water partition coefficient (Wildman–Crippen LogP) is 2.56. The molecule has 0 aliphatic heterocycles. The highest BCUT2D eigenvalue weighted by molar-refractivity contribution is 7.92. The van der Waals surface area contributed by atoms with E-state index in [9.17, 15) is 17.6 Å². The Kier molecular flexibility index (Phi) is 3.95. The molecule has 0 saturated carbocycles. The quantitative estimate of drug-likeness (QED) is 0.909. The highest BCUT2D eigenvalue weighted by Crippen LogP contribution is 2.27. The van der Waals surface area contributed by atoms with Gasteiger partial charge in [-0.15, -0.1) is 0 Å². The molecule has 0 aliphatic rings. The molecule has 0 unspecified atom stereocenters. The number of carboxylic acid groups (broad SMARTS) is 1. The number of benzene rings is 2. The van der Waals surface area contributed by atoms with Gasteiger partial charge >= 0.3 is 5.97 Å². The summed E-state index contributed by atoms with van der Waals surface area (Å²) in [5, 5.41) is 9.14. The van der Waals surface area contributed by atoms with Crippen molar-refractivity contribution in [2.75, 3.05) is 11.0 Å². The SMILES string of the molecule is CS(=O)(=O)Nc1cccc(-c2cc(F)ccc2C(=O)O)c1. The van der Waals surface area contributed by atoms with Gasteiger partial charge in [0.1, 0.15) is 5.82 Å². The van der Waals surface area contributed by atoms with Crippen LogP contribution in [0.3, 0.4) is 0 Å². The summed E-state index contributed by atoms with van der Waals surface area (Å²) < 4.78 is 38.1. The van der Waals surface area contributed by atoms with Crippen molar-refractivity contribution in [3.63, 3.8) is 0 Å². The van der Waals surface area contributed by atoms with Crippen LogP contribution in [0, 0.1) is 5.82 Å². The Labute approximate surface area is 121 Å². The molecule has 7 heteroatoms. The number of sulfonamides is 1. The molecule has 0 atom stereocenters. The summed E-state index contributed by atoms with van der Waals surface area (Å²) in [7, 11) is -3.45. The number of carboxylic acids is 1. The Morgan fingerprint density at radius 1 is 1.19 bits per heavy atom. The summed E-state index contributed by atoms with van der Waals surface area (Å²) in [5.74, 6) is -1.76. The summed E-state index contributed by atoms with van der Waals surface area (Å²) in [6, 6.07) is 9.43. The van der Waals surface area contributed by atoms with Gasteiger partial charge < -0.3 is 5.11 Å². The molecule has 2 aromatic carbocycles. The van der Waals surface area contributed by atoms with Crippen molar-refractivity contribution in [3.8, 4) is 11.1 Å². The fraction of sp³-hybridized carbons (Fsp3) is 0.0714. The molecule has 0 spiro atoms. The van der Waals surface area contributed by atoms with E-state index in [2.05, 4.69) is 4.72 Å². The molecule has 2 rings (SSSR count). The third-order valence-corrected chi connectivity index (χ3v) is 3.30. The topological polar surface area (TPSA) is 83.5 Å². The average Bonchev–Trinajstić information content (AvgIpc) is 2.36. The number of rotatable bonds is 4. The van der Waals surface area contributed by atoms with Crippen molar-refractivity contribution in [3.05, 3.63) is 53.8 Å². The largest absolute Gasteiger partial charge is 0.478 e. The lowest BCUT2D eigenvalue weighted by Gasteiger charge is -2.09. The van der Waals surface area contributed by atoms with Crippen LogP contribution in [0.2, 0.25) is 0 Å². The molecule has 0 aromatic heterocycles.